The molecule has 4 rings (SSSR count). The van der Waals surface area contributed by atoms with E-state index in [-0.39, 0.29) is 17.2 Å². The number of benzene rings is 2. The molecule has 10 heteroatoms. The van der Waals surface area contributed by atoms with Crippen LogP contribution >= 0.6 is 11.8 Å². The number of aromatic nitrogens is 4. The number of anilines is 1. The van der Waals surface area contributed by atoms with Gasteiger partial charge < -0.3 is 14.8 Å². The van der Waals surface area contributed by atoms with Crippen molar-refractivity contribution in [3.63, 3.8) is 0 Å². The summed E-state index contributed by atoms with van der Waals surface area (Å²) in [6.07, 6.45) is 0. The van der Waals surface area contributed by atoms with Gasteiger partial charge in [-0.15, -0.1) is 5.10 Å². The Hall–Kier alpha value is -3.79. The van der Waals surface area contributed by atoms with Crippen molar-refractivity contribution in [3.05, 3.63) is 64.4 Å². The normalized spacial score (nSPS) is 10.8. The maximum Gasteiger partial charge on any atom is 0.290 e. The highest BCUT2D eigenvalue weighted by molar-refractivity contribution is 7.99. The maximum atomic E-state index is 12.3. The lowest BCUT2D eigenvalue weighted by atomic mass is 10.1. The number of carbonyl (C=O) groups excluding carboxylic acids is 1. The van der Waals surface area contributed by atoms with Crippen molar-refractivity contribution >= 4 is 28.9 Å². The van der Waals surface area contributed by atoms with Gasteiger partial charge in [0.25, 0.3) is 5.56 Å². The van der Waals surface area contributed by atoms with Crippen LogP contribution in [0.1, 0.15) is 5.56 Å². The smallest absolute Gasteiger partial charge is 0.290 e. The zero-order chi connectivity index (χ0) is 22.7. The van der Waals surface area contributed by atoms with E-state index in [2.05, 4.69) is 20.6 Å². The summed E-state index contributed by atoms with van der Waals surface area (Å²) >= 11 is 1.17. The second-order valence-electron chi connectivity index (χ2n) is 6.93. The van der Waals surface area contributed by atoms with Crippen molar-refractivity contribution in [3.8, 4) is 22.8 Å². The molecule has 0 aliphatic rings. The zero-order valence-electron chi connectivity index (χ0n) is 17.7. The Morgan fingerprint density at radius 3 is 2.56 bits per heavy atom. The summed E-state index contributed by atoms with van der Waals surface area (Å²) in [4.78, 5) is 24.6. The van der Waals surface area contributed by atoms with Gasteiger partial charge in [0.15, 0.2) is 11.5 Å². The second kappa shape index (κ2) is 9.15. The molecule has 2 aromatic carbocycles. The van der Waals surface area contributed by atoms with E-state index >= 15 is 0 Å². The molecule has 0 spiro atoms. The summed E-state index contributed by atoms with van der Waals surface area (Å²) in [5.74, 6) is 1.06. The number of hydrogen-bond acceptors (Lipinski definition) is 7. The highest BCUT2D eigenvalue weighted by atomic mass is 32.2. The van der Waals surface area contributed by atoms with Crippen LogP contribution in [0.2, 0.25) is 0 Å². The standard InChI is InChI=1S/C22H21N5O4S/c1-13-4-7-15(8-5-13)23-20(28)12-32-22-25-24-21(29)17-11-16(26-27(17)22)14-6-9-18(30-2)19(10-14)31-3/h4-11H,12H2,1-3H3,(H,23,28)(H,24,29). The first-order valence-corrected chi connectivity index (χ1v) is 10.7. The van der Waals surface area contributed by atoms with Crippen LogP contribution in [0.15, 0.2) is 58.5 Å². The van der Waals surface area contributed by atoms with E-state index in [1.807, 2.05) is 37.3 Å². The minimum atomic E-state index is -0.377. The van der Waals surface area contributed by atoms with Crippen molar-refractivity contribution in [2.24, 2.45) is 0 Å². The van der Waals surface area contributed by atoms with Gasteiger partial charge in [-0.1, -0.05) is 29.5 Å². The molecule has 2 aromatic heterocycles. The van der Waals surface area contributed by atoms with E-state index in [0.717, 1.165) is 16.8 Å². The summed E-state index contributed by atoms with van der Waals surface area (Å²) < 4.78 is 12.1. The lowest BCUT2D eigenvalue weighted by molar-refractivity contribution is -0.113. The predicted octanol–water partition coefficient (Wildman–Crippen LogP) is 3.14. The van der Waals surface area contributed by atoms with Crippen LogP contribution < -0.4 is 20.3 Å². The Bertz CT molecular complexity index is 1330. The van der Waals surface area contributed by atoms with Gasteiger partial charge in [-0.25, -0.2) is 9.61 Å². The van der Waals surface area contributed by atoms with Gasteiger partial charge in [0.2, 0.25) is 11.1 Å². The molecule has 4 aromatic rings. The monoisotopic (exact) mass is 451 g/mol. The molecule has 9 nitrogen and oxygen atoms in total. The third-order valence-electron chi connectivity index (χ3n) is 4.72. The number of methoxy groups -OCH3 is 2. The second-order valence-corrected chi connectivity index (χ2v) is 7.88. The lowest BCUT2D eigenvalue weighted by Gasteiger charge is -2.08. The SMILES string of the molecule is COc1ccc(-c2cc3c(=O)[nH]nc(SCC(=O)Nc4ccc(C)cc4)n3n2)cc1OC. The highest BCUT2D eigenvalue weighted by Crippen LogP contribution is 2.32. The van der Waals surface area contributed by atoms with Gasteiger partial charge in [-0.3, -0.25) is 9.59 Å². The summed E-state index contributed by atoms with van der Waals surface area (Å²) in [5.41, 5.74) is 3.09. The quantitative estimate of drug-likeness (QED) is 0.415. The average molecular weight is 452 g/mol. The number of nitrogens with one attached hydrogen (secondary N) is 2. The largest absolute Gasteiger partial charge is 0.493 e. The van der Waals surface area contributed by atoms with Crippen molar-refractivity contribution in [1.82, 2.24) is 19.8 Å². The number of thioether (sulfide) groups is 1. The van der Waals surface area contributed by atoms with Crippen molar-refractivity contribution in [2.75, 3.05) is 25.3 Å². The molecule has 0 fully saturated rings. The predicted molar refractivity (Wildman–Crippen MR) is 123 cm³/mol. The van der Waals surface area contributed by atoms with Gasteiger partial charge >= 0.3 is 0 Å². The number of H-pyrrole nitrogens is 1. The van der Waals surface area contributed by atoms with Gasteiger partial charge in [0.05, 0.1) is 25.7 Å². The van der Waals surface area contributed by atoms with E-state index < -0.39 is 0 Å². The zero-order valence-corrected chi connectivity index (χ0v) is 18.5. The molecule has 32 heavy (non-hydrogen) atoms. The topological polar surface area (TPSA) is 111 Å². The molecule has 2 N–H and O–H groups in total. The molecule has 0 saturated heterocycles. The van der Waals surface area contributed by atoms with Gasteiger partial charge in [-0.05, 0) is 43.3 Å². The Kier molecular flexibility index (Phi) is 6.13. The molecular weight excluding hydrogens is 430 g/mol. The molecular formula is C22H21N5O4S. The van der Waals surface area contributed by atoms with Crippen molar-refractivity contribution in [2.45, 2.75) is 12.1 Å². The van der Waals surface area contributed by atoms with Gasteiger partial charge in [-0.2, -0.15) is 5.10 Å². The Balaban J connectivity index is 1.57. The van der Waals surface area contributed by atoms with Crippen LogP contribution in [-0.4, -0.2) is 45.7 Å². The van der Waals surface area contributed by atoms with Crippen LogP contribution in [0.4, 0.5) is 5.69 Å². The molecule has 0 atom stereocenters. The number of nitrogens with zero attached hydrogens (tertiary/aromatic N) is 3. The fourth-order valence-electron chi connectivity index (χ4n) is 3.09. The van der Waals surface area contributed by atoms with Gasteiger partial charge in [0.1, 0.15) is 5.52 Å². The molecule has 0 bridgehead atoms. The number of hydrogen-bond donors (Lipinski definition) is 2. The highest BCUT2D eigenvalue weighted by Gasteiger charge is 2.15. The summed E-state index contributed by atoms with van der Waals surface area (Å²) in [5, 5.41) is 14.3. The molecule has 164 valence electrons. The van der Waals surface area contributed by atoms with Crippen molar-refractivity contribution in [1.29, 1.82) is 0 Å². The number of aryl methyl sites for hydroxylation is 1. The molecule has 1 amide bonds. The number of ether oxygens (including phenoxy) is 2. The Morgan fingerprint density at radius 2 is 1.84 bits per heavy atom. The fourth-order valence-corrected chi connectivity index (χ4v) is 3.79. The first-order chi connectivity index (χ1) is 15.5. The lowest BCUT2D eigenvalue weighted by Crippen LogP contribution is -2.17. The third-order valence-corrected chi connectivity index (χ3v) is 5.65. The van der Waals surface area contributed by atoms with Crippen LogP contribution in [0.3, 0.4) is 0 Å². The van der Waals surface area contributed by atoms with E-state index in [9.17, 15) is 9.59 Å². The first-order valence-electron chi connectivity index (χ1n) is 9.68. The number of fused-ring (bicyclic) bond motifs is 1. The number of carbonyl (C=O) groups is 1. The first kappa shape index (κ1) is 21.4. The van der Waals surface area contributed by atoms with Crippen molar-refractivity contribution < 1.29 is 14.3 Å². The minimum Gasteiger partial charge on any atom is -0.493 e. The molecule has 2 heterocycles. The van der Waals surface area contributed by atoms with E-state index in [0.29, 0.717) is 27.9 Å². The summed E-state index contributed by atoms with van der Waals surface area (Å²) in [6, 6.07) is 14.6. The fraction of sp³-hybridized carbons (Fsp3) is 0.182. The van der Waals surface area contributed by atoms with Crippen LogP contribution in [0.25, 0.3) is 16.8 Å². The molecule has 0 aliphatic carbocycles. The number of amides is 1. The average Bonchev–Trinajstić information content (AvgIpc) is 3.26. The molecule has 0 unspecified atom stereocenters. The van der Waals surface area contributed by atoms with E-state index in [1.54, 1.807) is 32.4 Å². The van der Waals surface area contributed by atoms with E-state index in [1.165, 1.54) is 16.3 Å². The summed E-state index contributed by atoms with van der Waals surface area (Å²) in [7, 11) is 3.11. The Labute approximate surface area is 187 Å². The molecule has 0 aliphatic heterocycles. The van der Waals surface area contributed by atoms with Crippen LogP contribution in [0.5, 0.6) is 11.5 Å². The maximum absolute atomic E-state index is 12.3. The van der Waals surface area contributed by atoms with Gasteiger partial charge in [0, 0.05) is 11.3 Å². The number of aromatic amines is 1. The van der Waals surface area contributed by atoms with Crippen LogP contribution in [0, 0.1) is 6.92 Å². The molecule has 0 radical (unpaired) electrons. The number of rotatable bonds is 7. The minimum absolute atomic E-state index is 0.105. The third kappa shape index (κ3) is 4.45. The van der Waals surface area contributed by atoms with E-state index in [4.69, 9.17) is 9.47 Å². The molecule has 0 saturated carbocycles. The van der Waals surface area contributed by atoms with Crippen LogP contribution in [-0.2, 0) is 4.79 Å². The Morgan fingerprint density at radius 1 is 1.09 bits per heavy atom. The summed E-state index contributed by atoms with van der Waals surface area (Å²) in [6.45, 7) is 1.98.